The molecule has 0 rings (SSSR count). The summed E-state index contributed by atoms with van der Waals surface area (Å²) in [5.74, 6) is -1.08. The van der Waals surface area contributed by atoms with E-state index in [2.05, 4.69) is 11.9 Å². The number of amides is 1. The van der Waals surface area contributed by atoms with Gasteiger partial charge in [0.25, 0.3) is 0 Å². The third-order valence-corrected chi connectivity index (χ3v) is 2.47. The van der Waals surface area contributed by atoms with E-state index >= 15 is 0 Å². The standard InChI is InChI=1S/C11H19NO4/c1-5-6-16-10(15)12-11(3,4)8(2)7-9(13)14/h5,8H,1,6-7H2,2-4H3,(H,12,15)(H,13,14). The first kappa shape index (κ1) is 14.5. The van der Waals surface area contributed by atoms with E-state index in [4.69, 9.17) is 9.84 Å². The van der Waals surface area contributed by atoms with Crippen LogP contribution in [0, 0.1) is 5.92 Å². The number of carbonyl (C=O) groups excluding carboxylic acids is 1. The first-order valence-electron chi connectivity index (χ1n) is 5.07. The van der Waals surface area contributed by atoms with Crippen LogP contribution in [-0.2, 0) is 9.53 Å². The van der Waals surface area contributed by atoms with Gasteiger partial charge in [-0.05, 0) is 19.8 Å². The van der Waals surface area contributed by atoms with Gasteiger partial charge in [0.05, 0.1) is 6.42 Å². The average Bonchev–Trinajstić information content (AvgIpc) is 2.12. The summed E-state index contributed by atoms with van der Waals surface area (Å²) in [4.78, 5) is 21.8. The van der Waals surface area contributed by atoms with Crippen LogP contribution in [0.15, 0.2) is 12.7 Å². The fourth-order valence-corrected chi connectivity index (χ4v) is 1.07. The summed E-state index contributed by atoms with van der Waals surface area (Å²) in [5, 5.41) is 11.3. The summed E-state index contributed by atoms with van der Waals surface area (Å²) < 4.78 is 4.77. The van der Waals surface area contributed by atoms with E-state index < -0.39 is 17.6 Å². The van der Waals surface area contributed by atoms with Gasteiger partial charge >= 0.3 is 12.1 Å². The summed E-state index contributed by atoms with van der Waals surface area (Å²) in [5.41, 5.74) is -0.628. The molecule has 0 heterocycles. The molecule has 16 heavy (non-hydrogen) atoms. The summed E-state index contributed by atoms with van der Waals surface area (Å²) in [6.07, 6.45) is 0.893. The predicted octanol–water partition coefficient (Wildman–Crippen LogP) is 1.79. The molecule has 0 radical (unpaired) electrons. The highest BCUT2D eigenvalue weighted by atomic mass is 16.5. The molecule has 0 fully saturated rings. The van der Waals surface area contributed by atoms with Crippen molar-refractivity contribution in [3.05, 3.63) is 12.7 Å². The van der Waals surface area contributed by atoms with Gasteiger partial charge in [-0.2, -0.15) is 0 Å². The van der Waals surface area contributed by atoms with Crippen LogP contribution in [0.25, 0.3) is 0 Å². The predicted molar refractivity (Wildman–Crippen MR) is 60.2 cm³/mol. The number of aliphatic carboxylic acids is 1. The Labute approximate surface area is 95.5 Å². The quantitative estimate of drug-likeness (QED) is 0.681. The Bertz CT molecular complexity index is 273. The molecule has 1 amide bonds. The molecule has 5 nitrogen and oxygen atoms in total. The topological polar surface area (TPSA) is 75.6 Å². The van der Waals surface area contributed by atoms with E-state index in [0.29, 0.717) is 0 Å². The maximum absolute atomic E-state index is 11.3. The monoisotopic (exact) mass is 229 g/mol. The molecule has 0 aromatic carbocycles. The number of carbonyl (C=O) groups is 2. The number of nitrogens with one attached hydrogen (secondary N) is 1. The molecule has 0 spiro atoms. The third kappa shape index (κ3) is 5.38. The maximum Gasteiger partial charge on any atom is 0.407 e. The fraction of sp³-hybridized carbons (Fsp3) is 0.636. The zero-order valence-corrected chi connectivity index (χ0v) is 9.95. The molecular formula is C11H19NO4. The van der Waals surface area contributed by atoms with Crippen molar-refractivity contribution in [3.8, 4) is 0 Å². The number of rotatable bonds is 6. The SMILES string of the molecule is C=CCOC(=O)NC(C)(C)C(C)CC(=O)O. The highest BCUT2D eigenvalue weighted by molar-refractivity contribution is 5.69. The molecule has 2 N–H and O–H groups in total. The highest BCUT2D eigenvalue weighted by Crippen LogP contribution is 2.19. The molecule has 0 bridgehead atoms. The van der Waals surface area contributed by atoms with E-state index in [1.807, 2.05) is 0 Å². The van der Waals surface area contributed by atoms with Gasteiger partial charge in [-0.15, -0.1) is 0 Å². The molecule has 0 aliphatic rings. The summed E-state index contributed by atoms with van der Waals surface area (Å²) in [7, 11) is 0. The second-order valence-corrected chi connectivity index (χ2v) is 4.23. The van der Waals surface area contributed by atoms with Crippen LogP contribution in [0.4, 0.5) is 4.79 Å². The lowest BCUT2D eigenvalue weighted by Gasteiger charge is -2.31. The first-order chi connectivity index (χ1) is 7.29. The van der Waals surface area contributed by atoms with Crippen LogP contribution in [-0.4, -0.2) is 29.3 Å². The second kappa shape index (κ2) is 6.15. The van der Waals surface area contributed by atoms with Crippen molar-refractivity contribution in [1.82, 2.24) is 5.32 Å². The third-order valence-electron chi connectivity index (χ3n) is 2.47. The molecule has 0 saturated carbocycles. The van der Waals surface area contributed by atoms with Crippen LogP contribution < -0.4 is 5.32 Å². The van der Waals surface area contributed by atoms with Crippen LogP contribution >= 0.6 is 0 Å². The molecule has 5 heteroatoms. The Kier molecular flexibility index (Phi) is 5.56. The smallest absolute Gasteiger partial charge is 0.407 e. The molecule has 0 aromatic rings. The van der Waals surface area contributed by atoms with E-state index in [0.717, 1.165) is 0 Å². The zero-order valence-electron chi connectivity index (χ0n) is 9.95. The molecule has 1 atom stereocenters. The molecule has 0 aromatic heterocycles. The van der Waals surface area contributed by atoms with Crippen LogP contribution in [0.1, 0.15) is 27.2 Å². The molecule has 0 saturated heterocycles. The minimum atomic E-state index is -0.887. The van der Waals surface area contributed by atoms with E-state index in [-0.39, 0.29) is 18.9 Å². The second-order valence-electron chi connectivity index (χ2n) is 4.23. The Morgan fingerprint density at radius 3 is 2.56 bits per heavy atom. The van der Waals surface area contributed by atoms with Crippen molar-refractivity contribution in [1.29, 1.82) is 0 Å². The van der Waals surface area contributed by atoms with Gasteiger partial charge in [0.1, 0.15) is 6.61 Å². The van der Waals surface area contributed by atoms with Gasteiger partial charge < -0.3 is 15.2 Å². The Morgan fingerprint density at radius 2 is 2.12 bits per heavy atom. The van der Waals surface area contributed by atoms with E-state index in [9.17, 15) is 9.59 Å². The van der Waals surface area contributed by atoms with Gasteiger partial charge in [0, 0.05) is 5.54 Å². The first-order valence-corrected chi connectivity index (χ1v) is 5.07. The van der Waals surface area contributed by atoms with Gasteiger partial charge in [-0.25, -0.2) is 4.79 Å². The normalized spacial score (nSPS) is 12.7. The summed E-state index contributed by atoms with van der Waals surface area (Å²) in [6, 6.07) is 0. The molecular weight excluding hydrogens is 210 g/mol. The lowest BCUT2D eigenvalue weighted by molar-refractivity contribution is -0.138. The lowest BCUT2D eigenvalue weighted by Crippen LogP contribution is -2.49. The fourth-order valence-electron chi connectivity index (χ4n) is 1.07. The highest BCUT2D eigenvalue weighted by Gasteiger charge is 2.29. The Hall–Kier alpha value is -1.52. The van der Waals surface area contributed by atoms with Gasteiger partial charge in [0.2, 0.25) is 0 Å². The van der Waals surface area contributed by atoms with Gasteiger partial charge in [-0.1, -0.05) is 19.6 Å². The van der Waals surface area contributed by atoms with E-state index in [1.54, 1.807) is 20.8 Å². The van der Waals surface area contributed by atoms with Crippen LogP contribution in [0.2, 0.25) is 0 Å². The number of hydrogen-bond acceptors (Lipinski definition) is 3. The lowest BCUT2D eigenvalue weighted by atomic mass is 9.86. The largest absolute Gasteiger partial charge is 0.481 e. The summed E-state index contributed by atoms with van der Waals surface area (Å²) in [6.45, 7) is 8.84. The molecule has 0 aliphatic carbocycles. The van der Waals surface area contributed by atoms with Crippen molar-refractivity contribution in [3.63, 3.8) is 0 Å². The number of hydrogen-bond donors (Lipinski definition) is 2. The zero-order chi connectivity index (χ0) is 12.8. The number of carboxylic acid groups (broad SMARTS) is 1. The van der Waals surface area contributed by atoms with Crippen molar-refractivity contribution < 1.29 is 19.4 Å². The van der Waals surface area contributed by atoms with Crippen molar-refractivity contribution in [2.24, 2.45) is 5.92 Å². The average molecular weight is 229 g/mol. The Balaban J connectivity index is 4.25. The molecule has 0 aliphatic heterocycles. The van der Waals surface area contributed by atoms with Gasteiger partial charge in [0.15, 0.2) is 0 Å². The van der Waals surface area contributed by atoms with Crippen molar-refractivity contribution in [2.45, 2.75) is 32.7 Å². The van der Waals surface area contributed by atoms with Crippen LogP contribution in [0.5, 0.6) is 0 Å². The number of carboxylic acids is 1. The van der Waals surface area contributed by atoms with Crippen molar-refractivity contribution >= 4 is 12.1 Å². The van der Waals surface area contributed by atoms with Crippen molar-refractivity contribution in [2.75, 3.05) is 6.61 Å². The van der Waals surface area contributed by atoms with Crippen LogP contribution in [0.3, 0.4) is 0 Å². The molecule has 1 unspecified atom stereocenters. The number of ether oxygens (including phenoxy) is 1. The van der Waals surface area contributed by atoms with Gasteiger partial charge in [-0.3, -0.25) is 4.79 Å². The molecule has 92 valence electrons. The Morgan fingerprint density at radius 1 is 1.56 bits per heavy atom. The maximum atomic E-state index is 11.3. The minimum Gasteiger partial charge on any atom is -0.481 e. The minimum absolute atomic E-state index is 0.00522. The van der Waals surface area contributed by atoms with E-state index in [1.165, 1.54) is 6.08 Å². The number of alkyl carbamates (subject to hydrolysis) is 1. The summed E-state index contributed by atoms with van der Waals surface area (Å²) >= 11 is 0.